The lowest BCUT2D eigenvalue weighted by Gasteiger charge is -2.26. The summed E-state index contributed by atoms with van der Waals surface area (Å²) in [6, 6.07) is 10.3. The van der Waals surface area contributed by atoms with Crippen LogP contribution in [0, 0.1) is 6.92 Å². The summed E-state index contributed by atoms with van der Waals surface area (Å²) >= 11 is 6.21. The van der Waals surface area contributed by atoms with Crippen LogP contribution in [0.2, 0.25) is 5.02 Å². The number of carbonyl (C=O) groups excluding carboxylic acids is 2. The number of hydrogen-bond donors (Lipinski definition) is 1. The summed E-state index contributed by atoms with van der Waals surface area (Å²) in [5.41, 5.74) is 1.96. The van der Waals surface area contributed by atoms with E-state index in [1.54, 1.807) is 30.3 Å². The van der Waals surface area contributed by atoms with Crippen molar-refractivity contribution in [3.63, 3.8) is 0 Å². The Labute approximate surface area is 182 Å². The molecule has 0 unspecified atom stereocenters. The second-order valence-corrected chi connectivity index (χ2v) is 7.67. The lowest BCUT2D eigenvalue weighted by Crippen LogP contribution is -2.38. The molecule has 2 aromatic carbocycles. The number of likely N-dealkylation sites (tertiary alicyclic amines) is 1. The van der Waals surface area contributed by atoms with Crippen molar-refractivity contribution in [2.75, 3.05) is 31.6 Å². The number of rotatable bonds is 7. The standard InChI is InChI=1S/C23H27ClN2O4/c1-3-29-21-14-17(23(28)25-19-9-7-16(2)13-18(19)24)8-10-20(21)30-15-22(27)26-11-5-4-6-12-26/h7-10,13-14H,3-6,11-12,15H2,1-2H3,(H,25,28). The van der Waals surface area contributed by atoms with Gasteiger partial charge in [-0.25, -0.2) is 0 Å². The van der Waals surface area contributed by atoms with Gasteiger partial charge in [0.25, 0.3) is 11.8 Å². The summed E-state index contributed by atoms with van der Waals surface area (Å²) in [6.45, 7) is 5.69. The Kier molecular flexibility index (Phi) is 7.57. The Balaban J connectivity index is 1.69. The number of amides is 2. The highest BCUT2D eigenvalue weighted by Gasteiger charge is 2.18. The fourth-order valence-electron chi connectivity index (χ4n) is 3.33. The van der Waals surface area contributed by atoms with Gasteiger partial charge in [0.15, 0.2) is 18.1 Å². The summed E-state index contributed by atoms with van der Waals surface area (Å²) in [5.74, 6) is 0.518. The molecular formula is C23H27ClN2O4. The molecule has 1 heterocycles. The number of piperidine rings is 1. The van der Waals surface area contributed by atoms with Crippen LogP contribution in [0.3, 0.4) is 0 Å². The van der Waals surface area contributed by atoms with E-state index in [0.717, 1.165) is 37.9 Å². The number of carbonyl (C=O) groups is 2. The summed E-state index contributed by atoms with van der Waals surface area (Å²) in [4.78, 5) is 26.9. The van der Waals surface area contributed by atoms with Gasteiger partial charge in [-0.15, -0.1) is 0 Å². The van der Waals surface area contributed by atoms with E-state index in [4.69, 9.17) is 21.1 Å². The molecule has 0 aliphatic carbocycles. The van der Waals surface area contributed by atoms with Crippen LogP contribution in [0.1, 0.15) is 42.1 Å². The third-order valence-corrected chi connectivity index (χ3v) is 5.25. The predicted octanol–water partition coefficient (Wildman–Crippen LogP) is 4.69. The third kappa shape index (κ3) is 5.66. The van der Waals surface area contributed by atoms with Crippen LogP contribution in [0.15, 0.2) is 36.4 Å². The van der Waals surface area contributed by atoms with Gasteiger partial charge in [-0.1, -0.05) is 17.7 Å². The van der Waals surface area contributed by atoms with Gasteiger partial charge in [0.2, 0.25) is 0 Å². The minimum atomic E-state index is -0.308. The largest absolute Gasteiger partial charge is 0.490 e. The van der Waals surface area contributed by atoms with E-state index in [9.17, 15) is 9.59 Å². The molecule has 1 fully saturated rings. The van der Waals surface area contributed by atoms with Crippen molar-refractivity contribution >= 4 is 29.1 Å². The van der Waals surface area contributed by atoms with Crippen LogP contribution >= 0.6 is 11.6 Å². The Hall–Kier alpha value is -2.73. The smallest absolute Gasteiger partial charge is 0.260 e. The molecule has 3 rings (SSSR count). The fourth-order valence-corrected chi connectivity index (χ4v) is 3.61. The molecule has 0 aromatic heterocycles. The van der Waals surface area contributed by atoms with Crippen molar-refractivity contribution in [3.8, 4) is 11.5 Å². The highest BCUT2D eigenvalue weighted by atomic mass is 35.5. The van der Waals surface area contributed by atoms with Crippen molar-refractivity contribution in [2.45, 2.75) is 33.1 Å². The molecule has 0 saturated carbocycles. The van der Waals surface area contributed by atoms with E-state index >= 15 is 0 Å². The highest BCUT2D eigenvalue weighted by molar-refractivity contribution is 6.34. The van der Waals surface area contributed by atoms with Crippen molar-refractivity contribution in [2.24, 2.45) is 0 Å². The van der Waals surface area contributed by atoms with E-state index in [-0.39, 0.29) is 18.4 Å². The van der Waals surface area contributed by atoms with E-state index in [0.29, 0.717) is 34.4 Å². The van der Waals surface area contributed by atoms with Gasteiger partial charge in [0.1, 0.15) is 0 Å². The molecule has 1 N–H and O–H groups in total. The number of anilines is 1. The number of nitrogens with zero attached hydrogens (tertiary/aromatic N) is 1. The topological polar surface area (TPSA) is 67.9 Å². The van der Waals surface area contributed by atoms with E-state index < -0.39 is 0 Å². The van der Waals surface area contributed by atoms with Gasteiger partial charge in [-0.3, -0.25) is 9.59 Å². The van der Waals surface area contributed by atoms with Crippen LogP contribution in [-0.4, -0.2) is 43.0 Å². The molecule has 2 aromatic rings. The second kappa shape index (κ2) is 10.3. The minimum Gasteiger partial charge on any atom is -0.490 e. The Morgan fingerprint density at radius 3 is 2.50 bits per heavy atom. The maximum Gasteiger partial charge on any atom is 0.260 e. The van der Waals surface area contributed by atoms with Gasteiger partial charge in [-0.05, 0) is 69.0 Å². The molecule has 0 bridgehead atoms. The summed E-state index contributed by atoms with van der Waals surface area (Å²) in [7, 11) is 0. The lowest BCUT2D eigenvalue weighted by atomic mass is 10.1. The molecule has 1 aliphatic rings. The van der Waals surface area contributed by atoms with Crippen molar-refractivity contribution in [1.29, 1.82) is 0 Å². The Morgan fingerprint density at radius 2 is 1.80 bits per heavy atom. The average molecular weight is 431 g/mol. The van der Waals surface area contributed by atoms with E-state index in [2.05, 4.69) is 5.32 Å². The summed E-state index contributed by atoms with van der Waals surface area (Å²) in [5, 5.41) is 3.28. The van der Waals surface area contributed by atoms with Gasteiger partial charge in [0.05, 0.1) is 17.3 Å². The molecule has 30 heavy (non-hydrogen) atoms. The maximum atomic E-state index is 12.7. The molecule has 1 aliphatic heterocycles. The SMILES string of the molecule is CCOc1cc(C(=O)Nc2ccc(C)cc2Cl)ccc1OCC(=O)N1CCCCC1. The molecule has 2 amide bonds. The van der Waals surface area contributed by atoms with Crippen LogP contribution in [-0.2, 0) is 4.79 Å². The number of hydrogen-bond acceptors (Lipinski definition) is 4. The molecule has 1 saturated heterocycles. The van der Waals surface area contributed by atoms with Gasteiger partial charge >= 0.3 is 0 Å². The molecular weight excluding hydrogens is 404 g/mol. The van der Waals surface area contributed by atoms with Crippen LogP contribution < -0.4 is 14.8 Å². The van der Waals surface area contributed by atoms with Gasteiger partial charge < -0.3 is 19.7 Å². The average Bonchev–Trinajstić information content (AvgIpc) is 2.75. The van der Waals surface area contributed by atoms with E-state index in [1.165, 1.54) is 0 Å². The first kappa shape index (κ1) is 22.0. The number of benzene rings is 2. The zero-order valence-corrected chi connectivity index (χ0v) is 18.1. The second-order valence-electron chi connectivity index (χ2n) is 7.26. The molecule has 0 spiro atoms. The summed E-state index contributed by atoms with van der Waals surface area (Å²) in [6.07, 6.45) is 3.23. The first-order chi connectivity index (χ1) is 14.5. The zero-order chi connectivity index (χ0) is 21.5. The monoisotopic (exact) mass is 430 g/mol. The van der Waals surface area contributed by atoms with Crippen LogP contribution in [0.5, 0.6) is 11.5 Å². The van der Waals surface area contributed by atoms with Crippen molar-refractivity contribution in [3.05, 3.63) is 52.5 Å². The number of aryl methyl sites for hydroxylation is 1. The lowest BCUT2D eigenvalue weighted by molar-refractivity contribution is -0.134. The normalized spacial score (nSPS) is 13.6. The van der Waals surface area contributed by atoms with E-state index in [1.807, 2.05) is 24.8 Å². The Bertz CT molecular complexity index is 910. The molecule has 0 radical (unpaired) electrons. The number of halogens is 1. The first-order valence-corrected chi connectivity index (χ1v) is 10.6. The maximum absolute atomic E-state index is 12.7. The number of ether oxygens (including phenoxy) is 2. The third-order valence-electron chi connectivity index (χ3n) is 4.94. The van der Waals surface area contributed by atoms with Crippen LogP contribution in [0.25, 0.3) is 0 Å². The predicted molar refractivity (Wildman–Crippen MR) is 118 cm³/mol. The first-order valence-electron chi connectivity index (χ1n) is 10.2. The quantitative estimate of drug-likeness (QED) is 0.691. The molecule has 0 atom stereocenters. The zero-order valence-electron chi connectivity index (χ0n) is 17.4. The minimum absolute atomic E-state index is 0.0343. The van der Waals surface area contributed by atoms with Gasteiger partial charge in [0, 0.05) is 18.7 Å². The van der Waals surface area contributed by atoms with Crippen molar-refractivity contribution in [1.82, 2.24) is 4.90 Å². The highest BCUT2D eigenvalue weighted by Crippen LogP contribution is 2.30. The number of nitrogens with one attached hydrogen (secondary N) is 1. The van der Waals surface area contributed by atoms with Gasteiger partial charge in [-0.2, -0.15) is 0 Å². The summed E-state index contributed by atoms with van der Waals surface area (Å²) < 4.78 is 11.4. The molecule has 6 nitrogen and oxygen atoms in total. The van der Waals surface area contributed by atoms with Crippen molar-refractivity contribution < 1.29 is 19.1 Å². The Morgan fingerprint density at radius 1 is 1.03 bits per heavy atom. The van der Waals surface area contributed by atoms with Crippen LogP contribution in [0.4, 0.5) is 5.69 Å². The molecule has 160 valence electrons. The fraction of sp³-hybridized carbons (Fsp3) is 0.391. The molecule has 7 heteroatoms.